The summed E-state index contributed by atoms with van der Waals surface area (Å²) < 4.78 is 29.1. The van der Waals surface area contributed by atoms with Crippen molar-refractivity contribution in [3.05, 3.63) is 103 Å². The van der Waals surface area contributed by atoms with E-state index in [0.717, 1.165) is 0 Å². The predicted octanol–water partition coefficient (Wildman–Crippen LogP) is -2.00. The third-order valence-electron chi connectivity index (χ3n) is 15.9. The average molecular weight is 1130 g/mol. The van der Waals surface area contributed by atoms with Crippen molar-refractivity contribution in [2.75, 3.05) is 7.11 Å². The van der Waals surface area contributed by atoms with E-state index in [9.17, 15) is 74.7 Å². The molecule has 0 spiro atoms. The van der Waals surface area contributed by atoms with E-state index < -0.39 is 159 Å². The first kappa shape index (κ1) is 61.9. The number of Topliss-reactive ketones (excluding diaryl/α,β-unsaturated/α-hetero) is 2. The van der Waals surface area contributed by atoms with Crippen molar-refractivity contribution in [1.29, 1.82) is 0 Å². The second-order valence-electron chi connectivity index (χ2n) is 20.7. The molecule has 23 heteroatoms. The quantitative estimate of drug-likeness (QED) is 0.0617. The minimum Gasteiger partial charge on any atom is -1.00 e. The standard InChI is InChI=1S/C28H30O10.C27H28O10.2ClH.Mg/c1-11-8-18(37-12(2)23(11)30)38-17-10-28(35,13(3)29)9-15-20(17)27(34)22-21(25(15)32)24(31)14-6-5-7-16(36-4)19(14)26(22)33;1-10-7-17(36-11(2)22(10)30)37-16-9-27(35,12(3)28)8-14-19(16)26(34)21-20(24(14)32)23(31)13-5-4-6-15(29)18(13)25(21)33;;;/h5-7,11-12,17-18,23,30,32,34-35H,8-10H2,1-4H3;4-6,10-11,16-17,22,29-30,32,34-35H,7-9H2,1-3H3;2*1H;/q;;;;+2/p-2/t11?,12?,17-,18?,23?,28-;10?,11?,16-,17?,22?,27-;;;/m00.../s1. The Bertz CT molecular complexity index is 3120. The maximum absolute atomic E-state index is 13.6. The van der Waals surface area contributed by atoms with E-state index in [2.05, 4.69) is 0 Å². The van der Waals surface area contributed by atoms with E-state index in [1.165, 1.54) is 57.4 Å². The second-order valence-corrected chi connectivity index (χ2v) is 20.7. The van der Waals surface area contributed by atoms with Gasteiger partial charge in [0.05, 0.1) is 77.1 Å². The topological polar surface area (TPSA) is 331 Å². The Morgan fingerprint density at radius 3 is 1.32 bits per heavy atom. The van der Waals surface area contributed by atoms with E-state index >= 15 is 0 Å². The molecule has 0 aromatic heterocycles. The molecule has 2 fully saturated rings. The number of aliphatic hydroxyl groups is 4. The van der Waals surface area contributed by atoms with Crippen LogP contribution in [0.15, 0.2) is 36.4 Å². The van der Waals surface area contributed by atoms with Crippen LogP contribution in [0.2, 0.25) is 0 Å². The molecule has 414 valence electrons. The van der Waals surface area contributed by atoms with Gasteiger partial charge in [0.2, 0.25) is 11.6 Å². The van der Waals surface area contributed by atoms with Gasteiger partial charge in [0, 0.05) is 71.9 Å². The smallest absolute Gasteiger partial charge is 1.00 e. The van der Waals surface area contributed by atoms with Gasteiger partial charge < -0.3 is 94.5 Å². The first-order valence-corrected chi connectivity index (χ1v) is 24.6. The van der Waals surface area contributed by atoms with Gasteiger partial charge in [0.15, 0.2) is 35.7 Å². The summed E-state index contributed by atoms with van der Waals surface area (Å²) >= 11 is 0. The molecule has 10 rings (SSSR count). The Labute approximate surface area is 475 Å². The third-order valence-corrected chi connectivity index (χ3v) is 15.9. The van der Waals surface area contributed by atoms with E-state index in [1.54, 1.807) is 13.8 Å². The van der Waals surface area contributed by atoms with Gasteiger partial charge in [-0.25, -0.2) is 0 Å². The van der Waals surface area contributed by atoms with Crippen molar-refractivity contribution < 1.29 is 123 Å². The van der Waals surface area contributed by atoms with Crippen LogP contribution in [-0.2, 0) is 41.4 Å². The summed E-state index contributed by atoms with van der Waals surface area (Å²) in [7, 11) is 1.35. The first-order valence-electron chi connectivity index (χ1n) is 24.6. The maximum atomic E-state index is 13.6. The number of carbonyl (C=O) groups excluding carboxylic acids is 6. The van der Waals surface area contributed by atoms with Crippen LogP contribution in [0.25, 0.3) is 0 Å². The number of aliphatic hydroxyl groups excluding tert-OH is 2. The zero-order chi connectivity index (χ0) is 54.7. The zero-order valence-corrected chi connectivity index (χ0v) is 46.4. The van der Waals surface area contributed by atoms with Crippen molar-refractivity contribution >= 4 is 57.8 Å². The van der Waals surface area contributed by atoms with Crippen molar-refractivity contribution in [2.45, 2.75) is 140 Å². The summed E-state index contributed by atoms with van der Waals surface area (Å²) in [6, 6.07) is 8.40. The Morgan fingerprint density at radius 2 is 0.936 bits per heavy atom. The largest absolute Gasteiger partial charge is 2.00 e. The molecule has 4 aromatic carbocycles. The monoisotopic (exact) mass is 1130 g/mol. The average Bonchev–Trinajstić information content (AvgIpc) is 3.36. The minimum absolute atomic E-state index is 0. The molecule has 0 saturated carbocycles. The molecule has 0 radical (unpaired) electrons. The number of phenolic OH excluding ortho intramolecular Hbond substituents is 5. The Balaban J connectivity index is 0.000000243. The van der Waals surface area contributed by atoms with Crippen molar-refractivity contribution in [3.63, 3.8) is 0 Å². The molecule has 0 bridgehead atoms. The first-order chi connectivity index (χ1) is 35.2. The SMILES string of the molecule is CC(=O)[C@]1(O)Cc2c(O)c3c(c(O)c2[C@@H](OC2CC(C)C(O)C(C)O2)C1)C(=O)c1c(O)cccc1C3=O.COc1cccc2c1C(=O)c1c(O)c3c(c(O)c1C2=O)C[C@@](O)(C(C)=O)C[C@@H]3OC1CC(C)C(O)C(C)O1.[Cl-].[Cl-].[Mg+2]. The molecular formula is C55H58Cl2MgO20. The Morgan fingerprint density at radius 1 is 0.564 bits per heavy atom. The van der Waals surface area contributed by atoms with Crippen molar-refractivity contribution in [2.24, 2.45) is 11.8 Å². The molecule has 0 amide bonds. The number of hydrogen-bond donors (Lipinski definition) is 9. The van der Waals surface area contributed by atoms with Crippen molar-refractivity contribution in [3.8, 4) is 34.5 Å². The molecule has 2 saturated heterocycles. The van der Waals surface area contributed by atoms with Crippen molar-refractivity contribution in [1.82, 2.24) is 0 Å². The zero-order valence-electron chi connectivity index (χ0n) is 43.5. The van der Waals surface area contributed by atoms with Crippen LogP contribution < -0.4 is 29.6 Å². The number of rotatable bonds is 7. The van der Waals surface area contributed by atoms with Gasteiger partial charge in [0.1, 0.15) is 45.7 Å². The van der Waals surface area contributed by atoms with Gasteiger partial charge >= 0.3 is 23.1 Å². The molecule has 12 atom stereocenters. The number of methoxy groups -OCH3 is 1. The molecular weight excluding hydrogens is 1080 g/mol. The molecule has 4 aliphatic carbocycles. The normalized spacial score (nSPS) is 29.4. The maximum Gasteiger partial charge on any atom is 2.00 e. The number of aromatic hydroxyl groups is 5. The van der Waals surface area contributed by atoms with E-state index in [0.29, 0.717) is 0 Å². The van der Waals surface area contributed by atoms with E-state index in [4.69, 9.17) is 23.7 Å². The Kier molecular flexibility index (Phi) is 18.0. The number of ketones is 6. The fourth-order valence-corrected chi connectivity index (χ4v) is 11.6. The van der Waals surface area contributed by atoms with Crippen LogP contribution in [0, 0.1) is 11.8 Å². The van der Waals surface area contributed by atoms with E-state index in [-0.39, 0.29) is 136 Å². The molecule has 8 unspecified atom stereocenters. The van der Waals surface area contributed by atoms with Gasteiger partial charge in [-0.1, -0.05) is 38.1 Å². The number of fused-ring (bicyclic) bond motifs is 6. The number of benzene rings is 4. The van der Waals surface area contributed by atoms with Gasteiger partial charge in [-0.05, 0) is 51.7 Å². The minimum atomic E-state index is -1.99. The van der Waals surface area contributed by atoms with Gasteiger partial charge in [-0.15, -0.1) is 0 Å². The van der Waals surface area contributed by atoms with Crippen LogP contribution in [0.1, 0.15) is 165 Å². The third kappa shape index (κ3) is 10.1. The molecule has 4 aromatic rings. The molecule has 2 heterocycles. The summed E-state index contributed by atoms with van der Waals surface area (Å²) in [5.74, 6) is -7.43. The summed E-state index contributed by atoms with van der Waals surface area (Å²) in [4.78, 5) is 78.8. The number of halogens is 2. The van der Waals surface area contributed by atoms with Gasteiger partial charge in [-0.3, -0.25) is 28.8 Å². The molecule has 2 aliphatic heterocycles. The second kappa shape index (κ2) is 22.7. The Hall–Kier alpha value is -5.27. The van der Waals surface area contributed by atoms with Crippen LogP contribution >= 0.6 is 0 Å². The van der Waals surface area contributed by atoms with Crippen LogP contribution in [0.5, 0.6) is 34.5 Å². The van der Waals surface area contributed by atoms with Crippen LogP contribution in [-0.4, -0.2) is 159 Å². The summed E-state index contributed by atoms with van der Waals surface area (Å²) in [6.45, 7) is 9.39. The summed E-state index contributed by atoms with van der Waals surface area (Å²) in [5.41, 5.74) is -6.38. The number of carbonyl (C=O) groups is 6. The van der Waals surface area contributed by atoms with Crippen LogP contribution in [0.4, 0.5) is 0 Å². The summed E-state index contributed by atoms with van der Waals surface area (Å²) in [6.07, 6.45) is -7.58. The predicted molar refractivity (Wildman–Crippen MR) is 264 cm³/mol. The molecule has 78 heavy (non-hydrogen) atoms. The van der Waals surface area contributed by atoms with Crippen LogP contribution in [0.3, 0.4) is 0 Å². The molecule has 9 N–H and O–H groups in total. The number of ether oxygens (including phenoxy) is 5. The van der Waals surface area contributed by atoms with Gasteiger partial charge in [0.25, 0.3) is 0 Å². The fraction of sp³-hybridized carbons (Fsp3) is 0.455. The number of phenols is 5. The molecule has 20 nitrogen and oxygen atoms in total. The number of hydrogen-bond acceptors (Lipinski definition) is 20. The fourth-order valence-electron chi connectivity index (χ4n) is 11.6. The van der Waals surface area contributed by atoms with Gasteiger partial charge in [-0.2, -0.15) is 0 Å². The summed E-state index contributed by atoms with van der Waals surface area (Å²) in [5, 5.41) is 98.6. The molecule has 6 aliphatic rings. The van der Waals surface area contributed by atoms with E-state index in [1.807, 2.05) is 13.8 Å².